The molecule has 0 aliphatic heterocycles. The predicted molar refractivity (Wildman–Crippen MR) is 136 cm³/mol. The van der Waals surface area contributed by atoms with E-state index in [1.54, 1.807) is 4.57 Å². The number of benzene rings is 2. The van der Waals surface area contributed by atoms with Gasteiger partial charge in [0.15, 0.2) is 11.4 Å². The second-order valence-electron chi connectivity index (χ2n) is 9.37. The van der Waals surface area contributed by atoms with Crippen molar-refractivity contribution in [1.82, 2.24) is 14.5 Å². The normalized spacial score (nSPS) is 14.6. The minimum absolute atomic E-state index is 0.154. The molecule has 176 valence electrons. The van der Waals surface area contributed by atoms with Gasteiger partial charge in [-0.3, -0.25) is 9.59 Å². The quantitative estimate of drug-likeness (QED) is 0.463. The summed E-state index contributed by atoms with van der Waals surface area (Å²) in [6, 6.07) is 16.2. The number of nitrogens with one attached hydrogen (secondary N) is 1. The minimum Gasteiger partial charge on any atom is -0.493 e. The van der Waals surface area contributed by atoms with Crippen molar-refractivity contribution in [2.24, 2.45) is 7.05 Å². The third-order valence-electron chi connectivity index (χ3n) is 7.08. The van der Waals surface area contributed by atoms with Gasteiger partial charge in [-0.1, -0.05) is 67.3 Å². The van der Waals surface area contributed by atoms with Crippen LogP contribution >= 0.6 is 0 Å². The Morgan fingerprint density at radius 3 is 2.47 bits per heavy atom. The molecule has 2 heterocycles. The van der Waals surface area contributed by atoms with Crippen molar-refractivity contribution in [1.29, 1.82) is 0 Å². The molecule has 1 aliphatic rings. The number of amides is 1. The minimum atomic E-state index is -0.184. The molecule has 1 aliphatic carbocycles. The Morgan fingerprint density at radius 1 is 1.06 bits per heavy atom. The number of carbonyl (C=O) groups excluding carboxylic acids is 1. The van der Waals surface area contributed by atoms with E-state index in [2.05, 4.69) is 17.4 Å². The first-order valence-electron chi connectivity index (χ1n) is 12.0. The Balaban J connectivity index is 1.71. The average Bonchev–Trinajstić information content (AvgIpc) is 3.16. The van der Waals surface area contributed by atoms with Crippen molar-refractivity contribution in [2.45, 2.75) is 51.6 Å². The second-order valence-corrected chi connectivity index (χ2v) is 9.37. The number of rotatable bonds is 5. The maximum atomic E-state index is 13.9. The second kappa shape index (κ2) is 9.01. The Hall–Kier alpha value is -3.54. The van der Waals surface area contributed by atoms with Crippen LogP contribution in [0.4, 0.5) is 0 Å². The SMILES string of the molecule is COc1c(C(=O)NC2CCCCC2)n(C)c2c1c(=O)n(Cc1ccc(C)cc1)c1ccccc21. The zero-order chi connectivity index (χ0) is 23.8. The summed E-state index contributed by atoms with van der Waals surface area (Å²) < 4.78 is 9.36. The summed E-state index contributed by atoms with van der Waals surface area (Å²) in [7, 11) is 3.38. The summed E-state index contributed by atoms with van der Waals surface area (Å²) in [4.78, 5) is 27.3. The summed E-state index contributed by atoms with van der Waals surface area (Å²) in [5.74, 6) is 0.162. The van der Waals surface area contributed by atoms with Crippen molar-refractivity contribution in [2.75, 3.05) is 7.11 Å². The lowest BCUT2D eigenvalue weighted by Gasteiger charge is -2.23. The van der Waals surface area contributed by atoms with E-state index in [0.717, 1.165) is 47.7 Å². The number of nitrogens with zero attached hydrogens (tertiary/aromatic N) is 2. The van der Waals surface area contributed by atoms with Crippen LogP contribution in [0.25, 0.3) is 21.8 Å². The molecule has 2 aromatic carbocycles. The third kappa shape index (κ3) is 3.77. The topological polar surface area (TPSA) is 65.3 Å². The number of fused-ring (bicyclic) bond motifs is 3. The van der Waals surface area contributed by atoms with Crippen molar-refractivity contribution >= 4 is 27.7 Å². The highest BCUT2D eigenvalue weighted by Crippen LogP contribution is 2.35. The Morgan fingerprint density at radius 2 is 1.76 bits per heavy atom. The predicted octanol–water partition coefficient (Wildman–Crippen LogP) is 4.92. The van der Waals surface area contributed by atoms with E-state index in [1.807, 2.05) is 54.9 Å². The molecule has 0 unspecified atom stereocenters. The van der Waals surface area contributed by atoms with Crippen molar-refractivity contribution in [3.63, 3.8) is 0 Å². The van der Waals surface area contributed by atoms with E-state index < -0.39 is 0 Å². The maximum absolute atomic E-state index is 13.9. The first kappa shape index (κ1) is 22.3. The molecule has 1 fully saturated rings. The van der Waals surface area contributed by atoms with Gasteiger partial charge >= 0.3 is 0 Å². The van der Waals surface area contributed by atoms with Crippen LogP contribution < -0.4 is 15.6 Å². The van der Waals surface area contributed by atoms with E-state index in [1.165, 1.54) is 19.1 Å². The van der Waals surface area contributed by atoms with Crippen LogP contribution in [0, 0.1) is 6.92 Å². The molecule has 0 saturated heterocycles. The molecule has 6 heteroatoms. The fraction of sp³-hybridized carbons (Fsp3) is 0.357. The number of aromatic nitrogens is 2. The summed E-state index contributed by atoms with van der Waals surface area (Å²) in [6.45, 7) is 2.49. The zero-order valence-electron chi connectivity index (χ0n) is 20.1. The Kier molecular flexibility index (Phi) is 5.90. The molecule has 5 rings (SSSR count). The number of carbonyl (C=O) groups is 1. The smallest absolute Gasteiger partial charge is 0.272 e. The van der Waals surface area contributed by atoms with Gasteiger partial charge in [-0.2, -0.15) is 0 Å². The number of para-hydroxylation sites is 1. The van der Waals surface area contributed by atoms with Gasteiger partial charge in [-0.15, -0.1) is 0 Å². The van der Waals surface area contributed by atoms with Crippen LogP contribution in [0.1, 0.15) is 53.7 Å². The highest BCUT2D eigenvalue weighted by Gasteiger charge is 2.28. The van der Waals surface area contributed by atoms with Gasteiger partial charge in [0.25, 0.3) is 11.5 Å². The molecule has 0 spiro atoms. The molecule has 2 aromatic heterocycles. The van der Waals surface area contributed by atoms with Gasteiger partial charge < -0.3 is 19.2 Å². The number of pyridine rings is 1. The molecule has 1 N–H and O–H groups in total. The number of hydrogen-bond acceptors (Lipinski definition) is 3. The first-order valence-corrected chi connectivity index (χ1v) is 12.0. The van der Waals surface area contributed by atoms with E-state index in [-0.39, 0.29) is 17.5 Å². The van der Waals surface area contributed by atoms with E-state index in [0.29, 0.717) is 23.4 Å². The van der Waals surface area contributed by atoms with E-state index in [4.69, 9.17) is 4.74 Å². The molecule has 1 amide bonds. The molecule has 1 saturated carbocycles. The van der Waals surface area contributed by atoms with E-state index in [9.17, 15) is 9.59 Å². The van der Waals surface area contributed by atoms with Gasteiger partial charge in [0, 0.05) is 18.5 Å². The summed E-state index contributed by atoms with van der Waals surface area (Å²) in [5.41, 5.74) is 4.03. The van der Waals surface area contributed by atoms with E-state index >= 15 is 0 Å². The Bertz CT molecular complexity index is 1420. The van der Waals surface area contributed by atoms with Crippen molar-refractivity contribution in [3.8, 4) is 5.75 Å². The van der Waals surface area contributed by atoms with Crippen LogP contribution in [-0.2, 0) is 13.6 Å². The largest absolute Gasteiger partial charge is 0.493 e. The standard InChI is InChI=1S/C28H31N3O3/c1-18-13-15-19(16-14-18)17-31-22-12-8-7-11-21(22)24-23(28(31)33)26(34-3)25(30(24)2)27(32)29-20-9-5-4-6-10-20/h7-8,11-16,20H,4-6,9-10,17H2,1-3H3,(H,29,32). The average molecular weight is 458 g/mol. The maximum Gasteiger partial charge on any atom is 0.272 e. The fourth-order valence-electron chi connectivity index (χ4n) is 5.31. The highest BCUT2D eigenvalue weighted by molar-refractivity contribution is 6.12. The molecular formula is C28H31N3O3. The Labute approximate surface area is 199 Å². The lowest BCUT2D eigenvalue weighted by Crippen LogP contribution is -2.37. The summed E-state index contributed by atoms with van der Waals surface area (Å²) in [5, 5.41) is 4.56. The summed E-state index contributed by atoms with van der Waals surface area (Å²) >= 11 is 0. The molecular weight excluding hydrogens is 426 g/mol. The lowest BCUT2D eigenvalue weighted by molar-refractivity contribution is 0.0916. The van der Waals surface area contributed by atoms with Crippen molar-refractivity contribution < 1.29 is 9.53 Å². The van der Waals surface area contributed by atoms with Crippen LogP contribution in [0.5, 0.6) is 5.75 Å². The highest BCUT2D eigenvalue weighted by atomic mass is 16.5. The molecule has 0 radical (unpaired) electrons. The van der Waals surface area contributed by atoms with Crippen LogP contribution in [0.3, 0.4) is 0 Å². The van der Waals surface area contributed by atoms with Crippen LogP contribution in [0.15, 0.2) is 53.3 Å². The van der Waals surface area contributed by atoms with Gasteiger partial charge in [-0.05, 0) is 31.4 Å². The monoisotopic (exact) mass is 457 g/mol. The molecule has 0 atom stereocenters. The number of methoxy groups -OCH3 is 1. The molecule has 34 heavy (non-hydrogen) atoms. The number of hydrogen-bond donors (Lipinski definition) is 1. The summed E-state index contributed by atoms with van der Waals surface area (Å²) in [6.07, 6.45) is 5.46. The van der Waals surface area contributed by atoms with Gasteiger partial charge in [0.1, 0.15) is 5.39 Å². The van der Waals surface area contributed by atoms with Crippen LogP contribution in [-0.4, -0.2) is 28.2 Å². The van der Waals surface area contributed by atoms with Gasteiger partial charge in [-0.25, -0.2) is 0 Å². The molecule has 6 nitrogen and oxygen atoms in total. The molecule has 0 bridgehead atoms. The zero-order valence-corrected chi connectivity index (χ0v) is 20.1. The molecule has 4 aromatic rings. The first-order chi connectivity index (χ1) is 16.5. The number of ether oxygens (including phenoxy) is 1. The number of aryl methyl sites for hydroxylation is 2. The fourth-order valence-corrected chi connectivity index (χ4v) is 5.31. The van der Waals surface area contributed by atoms with Crippen molar-refractivity contribution in [3.05, 3.63) is 75.7 Å². The van der Waals surface area contributed by atoms with Gasteiger partial charge in [0.05, 0.1) is 24.7 Å². The lowest BCUT2D eigenvalue weighted by atomic mass is 9.95. The van der Waals surface area contributed by atoms with Crippen LogP contribution in [0.2, 0.25) is 0 Å². The van der Waals surface area contributed by atoms with Gasteiger partial charge in [0.2, 0.25) is 0 Å². The third-order valence-corrected chi connectivity index (χ3v) is 7.08.